The van der Waals surface area contributed by atoms with Crippen LogP contribution in [0.4, 0.5) is 0 Å². The molecule has 3 N–H and O–H groups in total. The molecule has 4 nitrogen and oxygen atoms in total. The van der Waals surface area contributed by atoms with Crippen molar-refractivity contribution in [2.24, 2.45) is 17.1 Å². The Morgan fingerprint density at radius 2 is 2.05 bits per heavy atom. The molecular formula is C14H26N2O2S. The van der Waals surface area contributed by atoms with Crippen molar-refractivity contribution in [1.29, 1.82) is 0 Å². The number of rotatable bonds is 9. The molecule has 1 aliphatic rings. The number of carbonyl (C=O) groups excluding carboxylic acids is 1. The number of carbonyl (C=O) groups is 1. The van der Waals surface area contributed by atoms with Crippen molar-refractivity contribution >= 4 is 23.1 Å². The molecule has 19 heavy (non-hydrogen) atoms. The lowest BCUT2D eigenvalue weighted by molar-refractivity contribution is -0.132. The Hall–Kier alpha value is -0.680. The van der Waals surface area contributed by atoms with Crippen molar-refractivity contribution in [3.63, 3.8) is 0 Å². The first-order valence-corrected chi connectivity index (χ1v) is 7.59. The van der Waals surface area contributed by atoms with E-state index in [-0.39, 0.29) is 5.91 Å². The lowest BCUT2D eigenvalue weighted by Crippen LogP contribution is -2.56. The molecule has 0 heterocycles. The highest BCUT2D eigenvalue weighted by Gasteiger charge is 2.50. The van der Waals surface area contributed by atoms with Gasteiger partial charge in [-0.25, -0.2) is 0 Å². The van der Waals surface area contributed by atoms with E-state index in [0.29, 0.717) is 24.1 Å². The fraction of sp³-hybridized carbons (Fsp3) is 0.857. The lowest BCUT2D eigenvalue weighted by Gasteiger charge is -2.44. The van der Waals surface area contributed by atoms with Crippen LogP contribution in [0, 0.1) is 11.3 Å². The maximum atomic E-state index is 12.2. The van der Waals surface area contributed by atoms with Gasteiger partial charge >= 0.3 is 0 Å². The maximum absolute atomic E-state index is 12.2. The Morgan fingerprint density at radius 3 is 2.58 bits per heavy atom. The first-order chi connectivity index (χ1) is 9.03. The minimum absolute atomic E-state index is 0.00772. The first kappa shape index (κ1) is 16.4. The van der Waals surface area contributed by atoms with Crippen LogP contribution in [0.3, 0.4) is 0 Å². The van der Waals surface area contributed by atoms with Gasteiger partial charge in [-0.05, 0) is 31.6 Å². The fourth-order valence-corrected chi connectivity index (χ4v) is 2.78. The van der Waals surface area contributed by atoms with Crippen LogP contribution in [0.5, 0.6) is 0 Å². The Kier molecular flexibility index (Phi) is 6.72. The zero-order valence-electron chi connectivity index (χ0n) is 12.0. The highest BCUT2D eigenvalue weighted by atomic mass is 32.1. The maximum Gasteiger partial charge on any atom is 0.233 e. The molecule has 1 aliphatic carbocycles. The minimum atomic E-state index is -0.585. The zero-order valence-corrected chi connectivity index (χ0v) is 12.9. The first-order valence-electron chi connectivity index (χ1n) is 7.19. The SMILES string of the molecule is CCCCOCCCNC(=O)C1(C(N)=S)CC(C)C1. The number of amides is 1. The van der Waals surface area contributed by atoms with E-state index in [4.69, 9.17) is 22.7 Å². The topological polar surface area (TPSA) is 64.3 Å². The predicted molar refractivity (Wildman–Crippen MR) is 81.0 cm³/mol. The summed E-state index contributed by atoms with van der Waals surface area (Å²) in [5.74, 6) is 0.524. The number of hydrogen-bond donors (Lipinski definition) is 2. The molecule has 0 bridgehead atoms. The second kappa shape index (κ2) is 7.80. The van der Waals surface area contributed by atoms with Gasteiger partial charge in [0.25, 0.3) is 0 Å². The van der Waals surface area contributed by atoms with Gasteiger partial charge in [-0.3, -0.25) is 4.79 Å². The minimum Gasteiger partial charge on any atom is -0.392 e. The van der Waals surface area contributed by atoms with Gasteiger partial charge in [-0.15, -0.1) is 0 Å². The summed E-state index contributed by atoms with van der Waals surface area (Å²) >= 11 is 5.05. The van der Waals surface area contributed by atoms with E-state index < -0.39 is 5.41 Å². The second-order valence-corrected chi connectivity index (χ2v) is 5.97. The monoisotopic (exact) mass is 286 g/mol. The number of ether oxygens (including phenoxy) is 1. The molecule has 0 atom stereocenters. The number of hydrogen-bond acceptors (Lipinski definition) is 3. The van der Waals surface area contributed by atoms with Crippen LogP contribution in [0.15, 0.2) is 0 Å². The Morgan fingerprint density at radius 1 is 1.42 bits per heavy atom. The molecule has 0 aliphatic heterocycles. The van der Waals surface area contributed by atoms with Crippen molar-refractivity contribution in [3.05, 3.63) is 0 Å². The number of nitrogens with one attached hydrogen (secondary N) is 1. The molecule has 0 aromatic heterocycles. The van der Waals surface area contributed by atoms with E-state index in [1.807, 2.05) is 0 Å². The fourth-order valence-electron chi connectivity index (χ4n) is 2.52. The molecule has 110 valence electrons. The molecule has 0 unspecified atom stereocenters. The van der Waals surface area contributed by atoms with Gasteiger partial charge in [0.15, 0.2) is 0 Å². The van der Waals surface area contributed by atoms with Crippen LogP contribution in [0.1, 0.15) is 46.0 Å². The third-order valence-electron chi connectivity index (χ3n) is 3.69. The van der Waals surface area contributed by atoms with Crippen molar-refractivity contribution in [2.45, 2.75) is 46.0 Å². The van der Waals surface area contributed by atoms with Gasteiger partial charge < -0.3 is 15.8 Å². The van der Waals surface area contributed by atoms with E-state index in [0.717, 1.165) is 38.7 Å². The molecule has 1 rings (SSSR count). The Labute approximate surface area is 121 Å². The lowest BCUT2D eigenvalue weighted by atomic mass is 9.62. The van der Waals surface area contributed by atoms with Crippen LogP contribution in [-0.4, -0.2) is 30.7 Å². The molecule has 1 fully saturated rings. The van der Waals surface area contributed by atoms with Crippen LogP contribution in [0.2, 0.25) is 0 Å². The van der Waals surface area contributed by atoms with E-state index in [2.05, 4.69) is 19.2 Å². The van der Waals surface area contributed by atoms with E-state index in [1.165, 1.54) is 0 Å². The van der Waals surface area contributed by atoms with Crippen molar-refractivity contribution in [3.8, 4) is 0 Å². The summed E-state index contributed by atoms with van der Waals surface area (Å²) in [5.41, 5.74) is 5.14. The number of thiocarbonyl (C=S) groups is 1. The van der Waals surface area contributed by atoms with Gasteiger partial charge in [0.1, 0.15) is 0 Å². The largest absolute Gasteiger partial charge is 0.392 e. The normalized spacial score (nSPS) is 25.7. The van der Waals surface area contributed by atoms with Gasteiger partial charge in [-0.2, -0.15) is 0 Å². The van der Waals surface area contributed by atoms with E-state index >= 15 is 0 Å². The summed E-state index contributed by atoms with van der Waals surface area (Å²) in [7, 11) is 0. The summed E-state index contributed by atoms with van der Waals surface area (Å²) < 4.78 is 5.44. The van der Waals surface area contributed by atoms with Gasteiger partial charge in [0.2, 0.25) is 5.91 Å². The summed E-state index contributed by atoms with van der Waals surface area (Å²) in [6.07, 6.45) is 4.63. The molecular weight excluding hydrogens is 260 g/mol. The Balaban J connectivity index is 2.18. The van der Waals surface area contributed by atoms with E-state index in [9.17, 15) is 4.79 Å². The van der Waals surface area contributed by atoms with Crippen LogP contribution in [0.25, 0.3) is 0 Å². The zero-order chi connectivity index (χ0) is 14.3. The molecule has 0 spiro atoms. The number of unbranched alkanes of at least 4 members (excludes halogenated alkanes) is 1. The molecule has 1 amide bonds. The molecule has 5 heteroatoms. The summed E-state index contributed by atoms with van der Waals surface area (Å²) in [4.78, 5) is 12.5. The van der Waals surface area contributed by atoms with E-state index in [1.54, 1.807) is 0 Å². The highest BCUT2D eigenvalue weighted by Crippen LogP contribution is 2.45. The standard InChI is InChI=1S/C14H26N2O2S/c1-3-4-7-18-8-5-6-16-13(17)14(12(15)19)9-11(2)10-14/h11H,3-10H2,1-2H3,(H2,15,19)(H,16,17). The van der Waals surface area contributed by atoms with Gasteiger partial charge in [0.05, 0.1) is 10.4 Å². The smallest absolute Gasteiger partial charge is 0.233 e. The molecule has 1 saturated carbocycles. The summed E-state index contributed by atoms with van der Waals surface area (Å²) in [6.45, 7) is 6.38. The predicted octanol–water partition coefficient (Wildman–Crippen LogP) is 2.01. The quantitative estimate of drug-likeness (QED) is 0.503. The second-order valence-electron chi connectivity index (χ2n) is 5.54. The third kappa shape index (κ3) is 4.42. The van der Waals surface area contributed by atoms with Crippen molar-refractivity contribution in [2.75, 3.05) is 19.8 Å². The summed E-state index contributed by atoms with van der Waals surface area (Å²) in [5, 5.41) is 2.93. The van der Waals surface area contributed by atoms with Crippen molar-refractivity contribution in [1.82, 2.24) is 5.32 Å². The van der Waals surface area contributed by atoms with Crippen LogP contribution < -0.4 is 11.1 Å². The summed E-state index contributed by atoms with van der Waals surface area (Å²) in [6, 6.07) is 0. The van der Waals surface area contributed by atoms with Crippen molar-refractivity contribution < 1.29 is 9.53 Å². The number of nitrogens with two attached hydrogens (primary N) is 1. The third-order valence-corrected chi connectivity index (χ3v) is 4.08. The Bertz CT molecular complexity index is 315. The van der Waals surface area contributed by atoms with Gasteiger partial charge in [-0.1, -0.05) is 32.5 Å². The molecule has 0 aromatic rings. The average molecular weight is 286 g/mol. The van der Waals surface area contributed by atoms with Crippen LogP contribution >= 0.6 is 12.2 Å². The molecule has 0 saturated heterocycles. The molecule has 0 radical (unpaired) electrons. The highest BCUT2D eigenvalue weighted by molar-refractivity contribution is 7.80. The average Bonchev–Trinajstić information content (AvgIpc) is 2.33. The molecule has 0 aromatic carbocycles. The van der Waals surface area contributed by atoms with Gasteiger partial charge in [0, 0.05) is 19.8 Å². The van der Waals surface area contributed by atoms with Crippen LogP contribution in [-0.2, 0) is 9.53 Å².